The number of rotatable bonds is 12. The van der Waals surface area contributed by atoms with Gasteiger partial charge in [-0.05, 0) is 0 Å². The van der Waals surface area contributed by atoms with Crippen molar-refractivity contribution < 1.29 is 104 Å². The van der Waals surface area contributed by atoms with E-state index in [1.54, 1.807) is 0 Å². The summed E-state index contributed by atoms with van der Waals surface area (Å²) in [7, 11) is 0. The summed E-state index contributed by atoms with van der Waals surface area (Å²) >= 11 is 0. The summed E-state index contributed by atoms with van der Waals surface area (Å²) in [4.78, 5) is 23.9. The van der Waals surface area contributed by atoms with Gasteiger partial charge in [-0.1, -0.05) is 0 Å². The Morgan fingerprint density at radius 2 is 0.941 bits per heavy atom. The second kappa shape index (κ2) is 18.0. The fourth-order valence-electron chi connectivity index (χ4n) is 6.25. The van der Waals surface area contributed by atoms with E-state index in [2.05, 4.69) is 10.6 Å². The Labute approximate surface area is 289 Å². The molecule has 23 nitrogen and oxygen atoms in total. The molecule has 4 saturated heterocycles. The van der Waals surface area contributed by atoms with Crippen LogP contribution >= 0.6 is 0 Å². The lowest BCUT2D eigenvalue weighted by atomic mass is 9.94. The van der Waals surface area contributed by atoms with Gasteiger partial charge in [0.25, 0.3) is 0 Å². The van der Waals surface area contributed by atoms with Crippen LogP contribution in [-0.4, -0.2) is 222 Å². The highest BCUT2D eigenvalue weighted by Gasteiger charge is 2.54. The van der Waals surface area contributed by atoms with Crippen LogP contribution in [0.25, 0.3) is 0 Å². The van der Waals surface area contributed by atoms with Gasteiger partial charge in [-0.2, -0.15) is 0 Å². The first-order chi connectivity index (χ1) is 24.0. The molecule has 0 aromatic rings. The highest BCUT2D eigenvalue weighted by molar-refractivity contribution is 5.73. The molecule has 0 aromatic carbocycles. The van der Waals surface area contributed by atoms with Gasteiger partial charge in [-0.25, -0.2) is 0 Å². The molecular formula is C28H48N2O21. The third kappa shape index (κ3) is 9.29. The van der Waals surface area contributed by atoms with Crippen molar-refractivity contribution in [2.75, 3.05) is 26.4 Å². The molecule has 0 spiro atoms. The molecule has 4 fully saturated rings. The molecule has 2 amide bonds. The van der Waals surface area contributed by atoms with Crippen molar-refractivity contribution in [3.8, 4) is 0 Å². The van der Waals surface area contributed by atoms with Crippen LogP contribution in [0, 0.1) is 0 Å². The molecule has 0 aromatic heterocycles. The summed E-state index contributed by atoms with van der Waals surface area (Å²) < 4.78 is 38.9. The van der Waals surface area contributed by atoms with Gasteiger partial charge in [0, 0.05) is 13.8 Å². The predicted octanol–water partition coefficient (Wildman–Crippen LogP) is -9.46. The topological polar surface area (TPSA) is 366 Å². The molecular weight excluding hydrogens is 700 g/mol. The second-order valence-corrected chi connectivity index (χ2v) is 12.7. The summed E-state index contributed by atoms with van der Waals surface area (Å²) in [5.74, 6) is -1.39. The lowest BCUT2D eigenvalue weighted by molar-refractivity contribution is -0.365. The Bertz CT molecular complexity index is 1140. The highest BCUT2D eigenvalue weighted by atomic mass is 16.8. The van der Waals surface area contributed by atoms with Crippen LogP contribution in [-0.2, 0) is 42.7 Å². The zero-order valence-electron chi connectivity index (χ0n) is 27.4. The molecule has 0 unspecified atom stereocenters. The first-order valence-corrected chi connectivity index (χ1v) is 16.1. The number of nitrogens with one attached hydrogen (secondary N) is 2. The maximum absolute atomic E-state index is 12.2. The Morgan fingerprint density at radius 3 is 1.49 bits per heavy atom. The molecule has 23 heteroatoms. The summed E-state index contributed by atoms with van der Waals surface area (Å²) in [5.41, 5.74) is 0. The quantitative estimate of drug-likeness (QED) is 0.0881. The van der Waals surface area contributed by atoms with Gasteiger partial charge >= 0.3 is 0 Å². The third-order valence-electron chi connectivity index (χ3n) is 8.99. The molecule has 4 aliphatic heterocycles. The number of aliphatic hydroxyl groups excluding tert-OH is 12. The maximum atomic E-state index is 12.2. The zero-order valence-corrected chi connectivity index (χ0v) is 27.4. The van der Waals surface area contributed by atoms with Crippen molar-refractivity contribution in [3.05, 3.63) is 0 Å². The van der Waals surface area contributed by atoms with Gasteiger partial charge in [0.05, 0.1) is 26.4 Å². The van der Waals surface area contributed by atoms with Crippen LogP contribution < -0.4 is 10.6 Å². The Morgan fingerprint density at radius 1 is 0.510 bits per heavy atom. The SMILES string of the molecule is CC(=O)N[C@@H]1[C@@H](O)[C@H](O[C@H]2O[C@H](CO)[C@@H](O[C@@H]3O[C@H](CO[C@@H]4O[C@H](CO)[C@@H](O)[C@H](O)[C@@H]4O)[C@@H](O)[C@H](O)[C@@H]3O)[C@H](O)[C@H]2NC(C)=O)[C@@H](CO)O[C@H]1O. The molecule has 4 aliphatic rings. The van der Waals surface area contributed by atoms with E-state index in [0.717, 1.165) is 13.8 Å². The Kier molecular flexibility index (Phi) is 14.8. The van der Waals surface area contributed by atoms with E-state index in [1.807, 2.05) is 0 Å². The minimum absolute atomic E-state index is 0.656. The van der Waals surface area contributed by atoms with Gasteiger partial charge in [-0.15, -0.1) is 0 Å². The zero-order chi connectivity index (χ0) is 37.9. The Balaban J connectivity index is 1.50. The molecule has 4 heterocycles. The molecule has 0 radical (unpaired) electrons. The van der Waals surface area contributed by atoms with Crippen molar-refractivity contribution in [1.29, 1.82) is 0 Å². The van der Waals surface area contributed by atoms with Crippen LogP contribution in [0.5, 0.6) is 0 Å². The Hall–Kier alpha value is -1.82. The smallest absolute Gasteiger partial charge is 0.217 e. The molecule has 296 valence electrons. The third-order valence-corrected chi connectivity index (χ3v) is 8.99. The fourth-order valence-corrected chi connectivity index (χ4v) is 6.25. The maximum Gasteiger partial charge on any atom is 0.217 e. The average molecular weight is 749 g/mol. The average Bonchev–Trinajstić information content (AvgIpc) is 3.09. The highest BCUT2D eigenvalue weighted by Crippen LogP contribution is 2.33. The van der Waals surface area contributed by atoms with E-state index in [4.69, 9.17) is 33.2 Å². The molecule has 20 atom stereocenters. The van der Waals surface area contributed by atoms with Gasteiger partial charge in [-0.3, -0.25) is 9.59 Å². The number of ether oxygens (including phenoxy) is 7. The molecule has 14 N–H and O–H groups in total. The first kappa shape index (κ1) is 41.9. The number of hydrogen-bond donors (Lipinski definition) is 14. The monoisotopic (exact) mass is 748 g/mol. The largest absolute Gasteiger partial charge is 0.394 e. The van der Waals surface area contributed by atoms with Crippen molar-refractivity contribution >= 4 is 11.8 Å². The number of aliphatic hydroxyl groups is 12. The lowest BCUT2D eigenvalue weighted by Gasteiger charge is -2.49. The van der Waals surface area contributed by atoms with E-state index in [0.29, 0.717) is 0 Å². The summed E-state index contributed by atoms with van der Waals surface area (Å²) in [6.07, 6.45) is -30.9. The number of carbonyl (C=O) groups is 2. The van der Waals surface area contributed by atoms with Crippen molar-refractivity contribution in [1.82, 2.24) is 10.6 Å². The standard InChI is InChI=1S/C28H48N2O21/c1-7(34)29-13-17(38)23(10(4-32)46-25(13)44)50-26-14(30-8(2)35)18(39)24(11(5-33)48-26)51-28-22(43)20(41)16(37)12(49-28)6-45-27-21(42)19(40)15(36)9(3-31)47-27/h9-28,31-33,36-44H,3-6H2,1-2H3,(H,29,34)(H,30,35)/t9-,10-,11-,12-,13-,14-,15-,16-,17-,18-,19+,20+,21+,22+,23-,24-,25-,26-,27-,28+/m1/s1. The van der Waals surface area contributed by atoms with Gasteiger partial charge in [0.15, 0.2) is 25.2 Å². The van der Waals surface area contributed by atoms with Gasteiger partial charge < -0.3 is 105 Å². The van der Waals surface area contributed by atoms with E-state index < -0.39 is 161 Å². The van der Waals surface area contributed by atoms with Crippen molar-refractivity contribution in [2.45, 2.75) is 137 Å². The molecule has 0 aliphatic carbocycles. The van der Waals surface area contributed by atoms with Crippen LogP contribution in [0.1, 0.15) is 13.8 Å². The van der Waals surface area contributed by atoms with E-state index in [-0.39, 0.29) is 0 Å². The summed E-state index contributed by atoms with van der Waals surface area (Å²) in [6.45, 7) is -0.998. The molecule has 4 rings (SSSR count). The van der Waals surface area contributed by atoms with Crippen molar-refractivity contribution in [2.24, 2.45) is 0 Å². The van der Waals surface area contributed by atoms with E-state index in [9.17, 15) is 70.9 Å². The molecule has 51 heavy (non-hydrogen) atoms. The molecule has 0 bridgehead atoms. The first-order valence-electron chi connectivity index (χ1n) is 16.1. The molecule has 0 saturated carbocycles. The number of carbonyl (C=O) groups excluding carboxylic acids is 2. The normalized spacial score (nSPS) is 47.8. The van der Waals surface area contributed by atoms with Crippen LogP contribution in [0.3, 0.4) is 0 Å². The minimum atomic E-state index is -2.00. The van der Waals surface area contributed by atoms with Crippen LogP contribution in [0.2, 0.25) is 0 Å². The minimum Gasteiger partial charge on any atom is -0.394 e. The summed E-state index contributed by atoms with van der Waals surface area (Å²) in [5, 5.41) is 129. The lowest BCUT2D eigenvalue weighted by Crippen LogP contribution is -2.70. The van der Waals surface area contributed by atoms with Crippen molar-refractivity contribution in [3.63, 3.8) is 0 Å². The fraction of sp³-hybridized carbons (Fsp3) is 0.929. The van der Waals surface area contributed by atoms with Gasteiger partial charge in [0.1, 0.15) is 97.5 Å². The summed E-state index contributed by atoms with van der Waals surface area (Å²) in [6, 6.07) is -3.02. The van der Waals surface area contributed by atoms with Gasteiger partial charge in [0.2, 0.25) is 11.8 Å². The number of amides is 2. The number of hydrogen-bond acceptors (Lipinski definition) is 21. The van der Waals surface area contributed by atoms with E-state index >= 15 is 0 Å². The van der Waals surface area contributed by atoms with E-state index in [1.165, 1.54) is 0 Å². The second-order valence-electron chi connectivity index (χ2n) is 12.7. The predicted molar refractivity (Wildman–Crippen MR) is 157 cm³/mol. The van der Waals surface area contributed by atoms with Crippen LogP contribution in [0.4, 0.5) is 0 Å². The van der Waals surface area contributed by atoms with Crippen LogP contribution in [0.15, 0.2) is 0 Å².